The zero-order chi connectivity index (χ0) is 7.84. The molecular formula is C8H4ClFO. The van der Waals surface area contributed by atoms with E-state index >= 15 is 0 Å². The van der Waals surface area contributed by atoms with Crippen molar-refractivity contribution < 1.29 is 8.81 Å². The fourth-order valence-corrected chi connectivity index (χ4v) is 1.20. The number of rotatable bonds is 0. The molecule has 1 heterocycles. The molecule has 0 aliphatic heterocycles. The van der Waals surface area contributed by atoms with E-state index in [4.69, 9.17) is 16.0 Å². The Bertz CT molecular complexity index is 358. The second-order valence-electron chi connectivity index (χ2n) is 2.19. The minimum absolute atomic E-state index is 0.307. The van der Waals surface area contributed by atoms with Crippen LogP contribution in [0.4, 0.5) is 4.39 Å². The van der Waals surface area contributed by atoms with Crippen molar-refractivity contribution >= 4 is 22.6 Å². The summed E-state index contributed by atoms with van der Waals surface area (Å²) in [5, 5.41) is 0.865. The van der Waals surface area contributed by atoms with E-state index in [-0.39, 0.29) is 5.82 Å². The number of benzene rings is 1. The van der Waals surface area contributed by atoms with Crippen molar-refractivity contribution in [3.63, 3.8) is 0 Å². The molecule has 0 saturated carbocycles. The van der Waals surface area contributed by atoms with Crippen LogP contribution in [0.3, 0.4) is 0 Å². The van der Waals surface area contributed by atoms with Gasteiger partial charge in [0.1, 0.15) is 5.82 Å². The first kappa shape index (κ1) is 6.68. The van der Waals surface area contributed by atoms with Crippen molar-refractivity contribution in [2.75, 3.05) is 0 Å². The highest BCUT2D eigenvalue weighted by Crippen LogP contribution is 2.26. The second-order valence-corrected chi connectivity index (χ2v) is 2.60. The van der Waals surface area contributed by atoms with Crippen LogP contribution in [-0.2, 0) is 0 Å². The number of fused-ring (bicyclic) bond motifs is 1. The minimum Gasteiger partial charge on any atom is -0.463 e. The molecule has 2 rings (SSSR count). The molecule has 0 bridgehead atoms. The molecule has 0 aliphatic carbocycles. The maximum Gasteiger partial charge on any atom is 0.155 e. The molecule has 1 aromatic carbocycles. The molecular weight excluding hydrogens is 167 g/mol. The smallest absolute Gasteiger partial charge is 0.155 e. The Hall–Kier alpha value is -1.02. The van der Waals surface area contributed by atoms with Gasteiger partial charge < -0.3 is 4.42 Å². The van der Waals surface area contributed by atoms with Crippen LogP contribution in [0.1, 0.15) is 0 Å². The van der Waals surface area contributed by atoms with Crippen LogP contribution >= 0.6 is 11.6 Å². The normalized spacial score (nSPS) is 10.7. The van der Waals surface area contributed by atoms with Crippen molar-refractivity contribution in [2.24, 2.45) is 0 Å². The maximum atomic E-state index is 12.9. The molecule has 0 saturated heterocycles. The summed E-state index contributed by atoms with van der Waals surface area (Å²) in [6, 6.07) is 4.35. The van der Waals surface area contributed by atoms with Crippen LogP contribution in [0, 0.1) is 5.82 Å². The van der Waals surface area contributed by atoms with Gasteiger partial charge in [0, 0.05) is 0 Å². The Kier molecular flexibility index (Phi) is 1.36. The summed E-state index contributed by atoms with van der Waals surface area (Å²) in [6.45, 7) is 0. The summed E-state index contributed by atoms with van der Waals surface area (Å²) >= 11 is 5.71. The van der Waals surface area contributed by atoms with Crippen molar-refractivity contribution in [2.45, 2.75) is 0 Å². The van der Waals surface area contributed by atoms with Gasteiger partial charge in [-0.15, -0.1) is 0 Å². The summed E-state index contributed by atoms with van der Waals surface area (Å²) in [6.07, 6.45) is 1.42. The Balaban J connectivity index is 2.96. The first-order valence-electron chi connectivity index (χ1n) is 3.10. The van der Waals surface area contributed by atoms with E-state index in [0.29, 0.717) is 16.0 Å². The highest BCUT2D eigenvalue weighted by Gasteiger charge is 2.05. The van der Waals surface area contributed by atoms with Gasteiger partial charge >= 0.3 is 0 Å². The molecule has 1 nitrogen and oxygen atoms in total. The largest absolute Gasteiger partial charge is 0.463 e. The topological polar surface area (TPSA) is 13.1 Å². The SMILES string of the molecule is Fc1ccc(Cl)c2occc12. The van der Waals surface area contributed by atoms with E-state index in [9.17, 15) is 4.39 Å². The van der Waals surface area contributed by atoms with Gasteiger partial charge in [0.15, 0.2) is 5.58 Å². The molecule has 56 valence electrons. The molecule has 0 amide bonds. The Morgan fingerprint density at radius 2 is 2.09 bits per heavy atom. The number of hydrogen-bond donors (Lipinski definition) is 0. The molecule has 0 spiro atoms. The average Bonchev–Trinajstić information content (AvgIpc) is 2.45. The summed E-state index contributed by atoms with van der Waals surface area (Å²) < 4.78 is 17.8. The quantitative estimate of drug-likeness (QED) is 0.592. The number of halogens is 2. The van der Waals surface area contributed by atoms with Crippen molar-refractivity contribution in [3.8, 4) is 0 Å². The van der Waals surface area contributed by atoms with E-state index in [1.54, 1.807) is 6.07 Å². The van der Waals surface area contributed by atoms with Gasteiger partial charge in [0.2, 0.25) is 0 Å². The van der Waals surface area contributed by atoms with Gasteiger partial charge in [-0.1, -0.05) is 11.6 Å². The lowest BCUT2D eigenvalue weighted by Crippen LogP contribution is -1.73. The third-order valence-electron chi connectivity index (χ3n) is 1.52. The minimum atomic E-state index is -0.307. The maximum absolute atomic E-state index is 12.9. The average molecular weight is 171 g/mol. The molecule has 0 N–H and O–H groups in total. The van der Waals surface area contributed by atoms with Crippen molar-refractivity contribution in [1.29, 1.82) is 0 Å². The highest BCUT2D eigenvalue weighted by molar-refractivity contribution is 6.34. The van der Waals surface area contributed by atoms with E-state index < -0.39 is 0 Å². The standard InChI is InChI=1S/C8H4ClFO/c9-6-1-2-7(10)5-3-4-11-8(5)6/h1-4H. The van der Waals surface area contributed by atoms with Crippen molar-refractivity contribution in [1.82, 2.24) is 0 Å². The van der Waals surface area contributed by atoms with Gasteiger partial charge in [0.05, 0.1) is 16.7 Å². The van der Waals surface area contributed by atoms with E-state index in [1.165, 1.54) is 18.4 Å². The zero-order valence-electron chi connectivity index (χ0n) is 5.47. The lowest BCUT2D eigenvalue weighted by molar-refractivity contribution is 0.610. The summed E-state index contributed by atoms with van der Waals surface area (Å²) in [5.41, 5.74) is 0.409. The zero-order valence-corrected chi connectivity index (χ0v) is 6.23. The molecule has 2 aromatic rings. The monoisotopic (exact) mass is 170 g/mol. The molecule has 0 radical (unpaired) electrons. The Labute approximate surface area is 67.4 Å². The molecule has 1 aromatic heterocycles. The third kappa shape index (κ3) is 0.906. The Morgan fingerprint density at radius 1 is 1.27 bits per heavy atom. The molecule has 3 heteroatoms. The van der Waals surface area contributed by atoms with Gasteiger partial charge in [-0.25, -0.2) is 4.39 Å². The van der Waals surface area contributed by atoms with Gasteiger partial charge in [0.25, 0.3) is 0 Å². The molecule has 0 unspecified atom stereocenters. The van der Waals surface area contributed by atoms with Crippen LogP contribution < -0.4 is 0 Å². The predicted molar refractivity (Wildman–Crippen MR) is 41.2 cm³/mol. The molecule has 0 atom stereocenters. The van der Waals surface area contributed by atoms with E-state index in [0.717, 1.165) is 0 Å². The van der Waals surface area contributed by atoms with Gasteiger partial charge in [-0.3, -0.25) is 0 Å². The third-order valence-corrected chi connectivity index (χ3v) is 1.81. The molecule has 0 fully saturated rings. The van der Waals surface area contributed by atoms with Crippen molar-refractivity contribution in [3.05, 3.63) is 35.3 Å². The fourth-order valence-electron chi connectivity index (χ4n) is 0.994. The summed E-state index contributed by atoms with van der Waals surface area (Å²) in [7, 11) is 0. The first-order valence-corrected chi connectivity index (χ1v) is 3.48. The lowest BCUT2D eigenvalue weighted by atomic mass is 10.2. The van der Waals surface area contributed by atoms with Gasteiger partial charge in [-0.2, -0.15) is 0 Å². The van der Waals surface area contributed by atoms with Crippen LogP contribution in [0.15, 0.2) is 28.9 Å². The lowest BCUT2D eigenvalue weighted by Gasteiger charge is -1.92. The molecule has 11 heavy (non-hydrogen) atoms. The summed E-state index contributed by atoms with van der Waals surface area (Å²) in [5.74, 6) is -0.307. The molecule has 0 aliphatic rings. The number of hydrogen-bond acceptors (Lipinski definition) is 1. The van der Waals surface area contributed by atoms with E-state index in [2.05, 4.69) is 0 Å². The van der Waals surface area contributed by atoms with Crippen LogP contribution in [-0.4, -0.2) is 0 Å². The summed E-state index contributed by atoms with van der Waals surface area (Å²) in [4.78, 5) is 0. The van der Waals surface area contributed by atoms with Crippen LogP contribution in [0.25, 0.3) is 11.0 Å². The first-order chi connectivity index (χ1) is 5.29. The Morgan fingerprint density at radius 3 is 2.82 bits per heavy atom. The second kappa shape index (κ2) is 2.24. The number of furan rings is 1. The van der Waals surface area contributed by atoms with Crippen LogP contribution in [0.2, 0.25) is 5.02 Å². The fraction of sp³-hybridized carbons (Fsp3) is 0. The van der Waals surface area contributed by atoms with Crippen LogP contribution in [0.5, 0.6) is 0 Å². The predicted octanol–water partition coefficient (Wildman–Crippen LogP) is 3.23. The van der Waals surface area contributed by atoms with E-state index in [1.807, 2.05) is 0 Å². The highest BCUT2D eigenvalue weighted by atomic mass is 35.5. The van der Waals surface area contributed by atoms with Gasteiger partial charge in [-0.05, 0) is 18.2 Å².